The maximum Gasteiger partial charge on any atom is 0.220 e. The lowest BCUT2D eigenvalue weighted by Gasteiger charge is -2.20. The van der Waals surface area contributed by atoms with Crippen LogP contribution in [0.3, 0.4) is 0 Å². The third-order valence-electron chi connectivity index (χ3n) is 4.59. The predicted octanol–water partition coefficient (Wildman–Crippen LogP) is 3.50. The standard InChI is InChI=1S/C19H25N3O/c23-19(13-16-7-3-1-4-8-16)20-12-11-17-14-21-22(15-17)18-9-5-2-6-10-18/h2,5-6,9-10,14-16H,1,3-4,7-8,11-13H2,(H,20,23). The summed E-state index contributed by atoms with van der Waals surface area (Å²) in [7, 11) is 0. The van der Waals surface area contributed by atoms with E-state index >= 15 is 0 Å². The molecule has 1 heterocycles. The molecule has 1 aromatic carbocycles. The summed E-state index contributed by atoms with van der Waals surface area (Å²) in [5.74, 6) is 0.803. The van der Waals surface area contributed by atoms with Gasteiger partial charge in [0.1, 0.15) is 0 Å². The quantitative estimate of drug-likeness (QED) is 0.887. The average molecular weight is 311 g/mol. The van der Waals surface area contributed by atoms with Gasteiger partial charge in [0, 0.05) is 19.2 Å². The van der Waals surface area contributed by atoms with E-state index in [1.165, 1.54) is 32.1 Å². The SMILES string of the molecule is O=C(CC1CCCCC1)NCCc1cnn(-c2ccccc2)c1. The number of hydrogen-bond donors (Lipinski definition) is 1. The Morgan fingerprint density at radius 2 is 1.96 bits per heavy atom. The minimum atomic E-state index is 0.201. The van der Waals surface area contributed by atoms with E-state index in [9.17, 15) is 4.79 Å². The molecule has 1 fully saturated rings. The van der Waals surface area contributed by atoms with Gasteiger partial charge in [-0.2, -0.15) is 5.10 Å². The predicted molar refractivity (Wildman–Crippen MR) is 91.5 cm³/mol. The molecule has 0 unspecified atom stereocenters. The highest BCUT2D eigenvalue weighted by atomic mass is 16.1. The van der Waals surface area contributed by atoms with Gasteiger partial charge in [0.05, 0.1) is 11.9 Å². The van der Waals surface area contributed by atoms with Crippen LogP contribution in [-0.4, -0.2) is 22.2 Å². The van der Waals surface area contributed by atoms with E-state index in [1.54, 1.807) is 0 Å². The van der Waals surface area contributed by atoms with E-state index in [1.807, 2.05) is 47.4 Å². The number of aromatic nitrogens is 2. The smallest absolute Gasteiger partial charge is 0.220 e. The first-order chi connectivity index (χ1) is 11.3. The average Bonchev–Trinajstić information content (AvgIpc) is 3.05. The van der Waals surface area contributed by atoms with Crippen molar-refractivity contribution in [1.29, 1.82) is 0 Å². The Labute approximate surface area is 137 Å². The minimum Gasteiger partial charge on any atom is -0.356 e. The van der Waals surface area contributed by atoms with Gasteiger partial charge in [-0.1, -0.05) is 37.5 Å². The topological polar surface area (TPSA) is 46.9 Å². The van der Waals surface area contributed by atoms with Crippen molar-refractivity contribution < 1.29 is 4.79 Å². The fourth-order valence-corrected chi connectivity index (χ4v) is 3.28. The molecule has 0 atom stereocenters. The Morgan fingerprint density at radius 3 is 2.74 bits per heavy atom. The van der Waals surface area contributed by atoms with E-state index in [4.69, 9.17) is 0 Å². The number of amides is 1. The van der Waals surface area contributed by atoms with Crippen LogP contribution in [0.2, 0.25) is 0 Å². The highest BCUT2D eigenvalue weighted by Crippen LogP contribution is 2.25. The summed E-state index contributed by atoms with van der Waals surface area (Å²) in [5.41, 5.74) is 2.20. The molecule has 23 heavy (non-hydrogen) atoms. The maximum atomic E-state index is 12.0. The largest absolute Gasteiger partial charge is 0.356 e. The van der Waals surface area contributed by atoms with Crippen LogP contribution in [0.15, 0.2) is 42.7 Å². The lowest BCUT2D eigenvalue weighted by atomic mass is 9.87. The van der Waals surface area contributed by atoms with Crippen LogP contribution in [0.25, 0.3) is 5.69 Å². The van der Waals surface area contributed by atoms with Gasteiger partial charge in [-0.15, -0.1) is 0 Å². The molecule has 2 aromatic rings. The number of benzene rings is 1. The molecule has 0 bridgehead atoms. The molecule has 4 nitrogen and oxygen atoms in total. The van der Waals surface area contributed by atoms with Crippen LogP contribution in [0.1, 0.15) is 44.1 Å². The molecule has 1 aromatic heterocycles. The molecule has 0 aliphatic heterocycles. The summed E-state index contributed by atoms with van der Waals surface area (Å²) < 4.78 is 1.87. The Morgan fingerprint density at radius 1 is 1.17 bits per heavy atom. The zero-order valence-corrected chi connectivity index (χ0v) is 13.6. The van der Waals surface area contributed by atoms with Crippen molar-refractivity contribution in [3.05, 3.63) is 48.3 Å². The van der Waals surface area contributed by atoms with Crippen LogP contribution in [0.4, 0.5) is 0 Å². The van der Waals surface area contributed by atoms with Crippen molar-refractivity contribution in [2.24, 2.45) is 5.92 Å². The van der Waals surface area contributed by atoms with Crippen LogP contribution in [0, 0.1) is 5.92 Å². The van der Waals surface area contributed by atoms with Gasteiger partial charge in [0.25, 0.3) is 0 Å². The minimum absolute atomic E-state index is 0.201. The van der Waals surface area contributed by atoms with Gasteiger partial charge in [-0.3, -0.25) is 4.79 Å². The number of rotatable bonds is 6. The second-order valence-corrected chi connectivity index (χ2v) is 6.44. The van der Waals surface area contributed by atoms with E-state index in [0.29, 0.717) is 18.9 Å². The molecule has 0 radical (unpaired) electrons. The first-order valence-electron chi connectivity index (χ1n) is 8.67. The second-order valence-electron chi connectivity index (χ2n) is 6.44. The summed E-state index contributed by atoms with van der Waals surface area (Å²) >= 11 is 0. The Kier molecular flexibility index (Phi) is 5.46. The number of carbonyl (C=O) groups excluding carboxylic acids is 1. The number of carbonyl (C=O) groups is 1. The van der Waals surface area contributed by atoms with Crippen molar-refractivity contribution in [2.75, 3.05) is 6.54 Å². The van der Waals surface area contributed by atoms with Crippen LogP contribution in [-0.2, 0) is 11.2 Å². The Balaban J connectivity index is 1.42. The molecule has 0 saturated heterocycles. The molecule has 1 saturated carbocycles. The zero-order chi connectivity index (χ0) is 15.9. The van der Waals surface area contributed by atoms with E-state index in [2.05, 4.69) is 10.4 Å². The number of nitrogens with one attached hydrogen (secondary N) is 1. The van der Waals surface area contributed by atoms with Crippen LogP contribution < -0.4 is 5.32 Å². The number of para-hydroxylation sites is 1. The van der Waals surface area contributed by atoms with E-state index in [0.717, 1.165) is 17.7 Å². The summed E-state index contributed by atoms with van der Waals surface area (Å²) in [4.78, 5) is 12.0. The third kappa shape index (κ3) is 4.68. The first-order valence-corrected chi connectivity index (χ1v) is 8.67. The normalized spacial score (nSPS) is 15.5. The summed E-state index contributed by atoms with van der Waals surface area (Å²) in [6.45, 7) is 0.687. The van der Waals surface area contributed by atoms with Gasteiger partial charge in [0.2, 0.25) is 5.91 Å². The number of nitrogens with zero attached hydrogens (tertiary/aromatic N) is 2. The highest BCUT2D eigenvalue weighted by Gasteiger charge is 2.16. The molecule has 0 spiro atoms. The summed E-state index contributed by atoms with van der Waals surface area (Å²) in [6.07, 6.45) is 11.8. The van der Waals surface area contributed by atoms with Gasteiger partial charge in [-0.25, -0.2) is 4.68 Å². The molecule has 1 aliphatic carbocycles. The molecule has 4 heteroatoms. The second kappa shape index (κ2) is 7.95. The third-order valence-corrected chi connectivity index (χ3v) is 4.59. The molecule has 1 amide bonds. The fourth-order valence-electron chi connectivity index (χ4n) is 3.28. The van der Waals surface area contributed by atoms with E-state index < -0.39 is 0 Å². The van der Waals surface area contributed by atoms with Crippen molar-refractivity contribution in [2.45, 2.75) is 44.9 Å². The molecule has 3 rings (SSSR count). The molecular formula is C19H25N3O. The highest BCUT2D eigenvalue weighted by molar-refractivity contribution is 5.76. The molecule has 1 N–H and O–H groups in total. The van der Waals surface area contributed by atoms with Crippen molar-refractivity contribution >= 4 is 5.91 Å². The summed E-state index contributed by atoms with van der Waals surface area (Å²) in [6, 6.07) is 10.1. The van der Waals surface area contributed by atoms with Gasteiger partial charge in [0.15, 0.2) is 0 Å². The van der Waals surface area contributed by atoms with Gasteiger partial charge >= 0.3 is 0 Å². The van der Waals surface area contributed by atoms with Crippen molar-refractivity contribution in [3.63, 3.8) is 0 Å². The van der Waals surface area contributed by atoms with Crippen molar-refractivity contribution in [3.8, 4) is 5.69 Å². The zero-order valence-electron chi connectivity index (χ0n) is 13.6. The Hall–Kier alpha value is -2.10. The van der Waals surface area contributed by atoms with Crippen LogP contribution in [0.5, 0.6) is 0 Å². The number of hydrogen-bond acceptors (Lipinski definition) is 2. The summed E-state index contributed by atoms with van der Waals surface area (Å²) in [5, 5.41) is 7.43. The maximum absolute atomic E-state index is 12.0. The lowest BCUT2D eigenvalue weighted by Crippen LogP contribution is -2.28. The van der Waals surface area contributed by atoms with Crippen LogP contribution >= 0.6 is 0 Å². The van der Waals surface area contributed by atoms with Gasteiger partial charge < -0.3 is 5.32 Å². The first kappa shape index (κ1) is 15.8. The molecule has 1 aliphatic rings. The fraction of sp³-hybridized carbons (Fsp3) is 0.474. The lowest BCUT2D eigenvalue weighted by molar-refractivity contribution is -0.122. The molecular weight excluding hydrogens is 286 g/mol. The van der Waals surface area contributed by atoms with Gasteiger partial charge in [-0.05, 0) is 42.9 Å². The van der Waals surface area contributed by atoms with Crippen molar-refractivity contribution in [1.82, 2.24) is 15.1 Å². The Bertz CT molecular complexity index is 615. The van der Waals surface area contributed by atoms with E-state index in [-0.39, 0.29) is 5.91 Å². The molecule has 122 valence electrons. The monoisotopic (exact) mass is 311 g/mol.